The van der Waals surface area contributed by atoms with E-state index in [4.69, 9.17) is 0 Å². The Morgan fingerprint density at radius 2 is 1.14 bits per heavy atom. The van der Waals surface area contributed by atoms with Crippen molar-refractivity contribution >= 4 is 28.3 Å². The SMILES string of the molecule is OC(c1ccccc1)(c1ccccc1)C(C=Cn1nnc2ccccc21)n1nnc2ccccc21. The lowest BCUT2D eigenvalue weighted by molar-refractivity contribution is 0.0378. The summed E-state index contributed by atoms with van der Waals surface area (Å²) in [5.41, 5.74) is 3.26. The van der Waals surface area contributed by atoms with Gasteiger partial charge in [0.15, 0.2) is 0 Å². The van der Waals surface area contributed by atoms with Gasteiger partial charge in [-0.05, 0) is 41.5 Å². The summed E-state index contributed by atoms with van der Waals surface area (Å²) < 4.78 is 3.48. The summed E-state index contributed by atoms with van der Waals surface area (Å²) in [6.45, 7) is 0. The second kappa shape index (κ2) is 8.62. The Kier molecular flexibility index (Phi) is 5.16. The summed E-state index contributed by atoms with van der Waals surface area (Å²) in [5, 5.41) is 30.0. The molecule has 0 radical (unpaired) electrons. The van der Waals surface area contributed by atoms with Crippen LogP contribution in [0, 0.1) is 0 Å². The number of hydrogen-bond donors (Lipinski definition) is 1. The van der Waals surface area contributed by atoms with Crippen LogP contribution in [-0.4, -0.2) is 35.1 Å². The number of rotatable bonds is 6. The zero-order chi connectivity index (χ0) is 23.7. The van der Waals surface area contributed by atoms with Crippen LogP contribution in [0.4, 0.5) is 0 Å². The van der Waals surface area contributed by atoms with E-state index in [0.717, 1.165) is 33.2 Å². The normalized spacial score (nSPS) is 13.1. The van der Waals surface area contributed by atoms with E-state index in [1.807, 2.05) is 121 Å². The molecular formula is C28H22N6O. The van der Waals surface area contributed by atoms with Gasteiger partial charge in [0, 0.05) is 6.20 Å². The first kappa shape index (κ1) is 20.9. The number of fused-ring (bicyclic) bond motifs is 2. The quantitative estimate of drug-likeness (QED) is 0.387. The van der Waals surface area contributed by atoms with E-state index in [1.54, 1.807) is 9.36 Å². The summed E-state index contributed by atoms with van der Waals surface area (Å²) in [5.74, 6) is 0. The average molecular weight is 459 g/mol. The predicted octanol–water partition coefficient (Wildman–Crippen LogP) is 4.82. The molecule has 0 amide bonds. The molecule has 0 aliphatic heterocycles. The van der Waals surface area contributed by atoms with Crippen molar-refractivity contribution in [3.63, 3.8) is 0 Å². The molecule has 0 saturated carbocycles. The Morgan fingerprint density at radius 3 is 1.80 bits per heavy atom. The van der Waals surface area contributed by atoms with Crippen LogP contribution in [0.1, 0.15) is 17.2 Å². The second-order valence-corrected chi connectivity index (χ2v) is 8.33. The van der Waals surface area contributed by atoms with Gasteiger partial charge in [0.05, 0.1) is 11.0 Å². The Hall–Kier alpha value is -4.62. The third-order valence-corrected chi connectivity index (χ3v) is 6.28. The van der Waals surface area contributed by atoms with Gasteiger partial charge < -0.3 is 5.11 Å². The topological polar surface area (TPSA) is 81.6 Å². The molecule has 6 aromatic rings. The van der Waals surface area contributed by atoms with Gasteiger partial charge >= 0.3 is 0 Å². The van der Waals surface area contributed by atoms with Crippen LogP contribution in [0.15, 0.2) is 115 Å². The third-order valence-electron chi connectivity index (χ3n) is 6.28. The van der Waals surface area contributed by atoms with E-state index in [2.05, 4.69) is 20.6 Å². The maximum absolute atomic E-state index is 12.6. The fourth-order valence-electron chi connectivity index (χ4n) is 4.54. The molecule has 7 nitrogen and oxygen atoms in total. The number of benzene rings is 4. The number of aliphatic hydroxyl groups is 1. The molecule has 4 aromatic carbocycles. The summed E-state index contributed by atoms with van der Waals surface area (Å²) in [6, 6.07) is 34.1. The van der Waals surface area contributed by atoms with Crippen LogP contribution in [0.5, 0.6) is 0 Å². The van der Waals surface area contributed by atoms with Crippen molar-refractivity contribution in [3.8, 4) is 0 Å². The molecule has 6 rings (SSSR count). The fraction of sp³-hybridized carbons (Fsp3) is 0.0714. The van der Waals surface area contributed by atoms with Gasteiger partial charge in [0.1, 0.15) is 22.7 Å². The second-order valence-electron chi connectivity index (χ2n) is 8.33. The average Bonchev–Trinajstić information content (AvgIpc) is 3.54. The number of para-hydroxylation sites is 2. The molecule has 2 heterocycles. The summed E-state index contributed by atoms with van der Waals surface area (Å²) in [7, 11) is 0. The minimum Gasteiger partial charge on any atom is -0.378 e. The molecule has 1 N–H and O–H groups in total. The van der Waals surface area contributed by atoms with E-state index >= 15 is 0 Å². The van der Waals surface area contributed by atoms with Crippen molar-refractivity contribution in [1.82, 2.24) is 30.0 Å². The Morgan fingerprint density at radius 1 is 0.629 bits per heavy atom. The van der Waals surface area contributed by atoms with Gasteiger partial charge in [-0.3, -0.25) is 0 Å². The molecule has 35 heavy (non-hydrogen) atoms. The van der Waals surface area contributed by atoms with Crippen LogP contribution in [0.3, 0.4) is 0 Å². The van der Waals surface area contributed by atoms with Crippen molar-refractivity contribution in [2.75, 3.05) is 0 Å². The van der Waals surface area contributed by atoms with E-state index in [0.29, 0.717) is 0 Å². The van der Waals surface area contributed by atoms with Crippen LogP contribution < -0.4 is 0 Å². The maximum atomic E-state index is 12.6. The lowest BCUT2D eigenvalue weighted by atomic mass is 9.80. The minimum atomic E-state index is -1.45. The van der Waals surface area contributed by atoms with Crippen LogP contribution >= 0.6 is 0 Å². The molecule has 0 aliphatic carbocycles. The van der Waals surface area contributed by atoms with Crippen molar-refractivity contribution in [3.05, 3.63) is 126 Å². The molecule has 7 heteroatoms. The van der Waals surface area contributed by atoms with Gasteiger partial charge in [0.25, 0.3) is 0 Å². The van der Waals surface area contributed by atoms with Crippen molar-refractivity contribution in [2.24, 2.45) is 0 Å². The van der Waals surface area contributed by atoms with Crippen molar-refractivity contribution < 1.29 is 5.11 Å². The lowest BCUT2D eigenvalue weighted by Gasteiger charge is -2.36. The van der Waals surface area contributed by atoms with Crippen LogP contribution in [0.2, 0.25) is 0 Å². The molecule has 0 saturated heterocycles. The molecule has 1 atom stereocenters. The molecule has 0 spiro atoms. The van der Waals surface area contributed by atoms with Crippen molar-refractivity contribution in [2.45, 2.75) is 11.6 Å². The van der Waals surface area contributed by atoms with Gasteiger partial charge in [-0.1, -0.05) is 95.4 Å². The van der Waals surface area contributed by atoms with E-state index in [1.165, 1.54) is 0 Å². The van der Waals surface area contributed by atoms with Gasteiger partial charge in [-0.2, -0.15) is 0 Å². The maximum Gasteiger partial charge on any atom is 0.141 e. The van der Waals surface area contributed by atoms with E-state index in [-0.39, 0.29) is 0 Å². The summed E-state index contributed by atoms with van der Waals surface area (Å²) in [4.78, 5) is 0. The lowest BCUT2D eigenvalue weighted by Crippen LogP contribution is -2.38. The van der Waals surface area contributed by atoms with Crippen molar-refractivity contribution in [1.29, 1.82) is 0 Å². The highest BCUT2D eigenvalue weighted by Gasteiger charge is 2.41. The Labute approximate surface area is 201 Å². The number of aromatic nitrogens is 6. The van der Waals surface area contributed by atoms with Crippen LogP contribution in [-0.2, 0) is 5.60 Å². The number of hydrogen-bond acceptors (Lipinski definition) is 5. The Balaban J connectivity index is 1.59. The predicted molar refractivity (Wildman–Crippen MR) is 135 cm³/mol. The molecule has 0 aliphatic rings. The molecule has 170 valence electrons. The first-order chi connectivity index (χ1) is 17.2. The van der Waals surface area contributed by atoms with Gasteiger partial charge in [-0.15, -0.1) is 10.2 Å². The highest BCUT2D eigenvalue weighted by atomic mass is 16.3. The zero-order valence-corrected chi connectivity index (χ0v) is 18.8. The highest BCUT2D eigenvalue weighted by Crippen LogP contribution is 2.41. The van der Waals surface area contributed by atoms with E-state index in [9.17, 15) is 5.11 Å². The monoisotopic (exact) mass is 458 g/mol. The smallest absolute Gasteiger partial charge is 0.141 e. The molecule has 0 bridgehead atoms. The van der Waals surface area contributed by atoms with Crippen LogP contribution in [0.25, 0.3) is 28.3 Å². The minimum absolute atomic E-state index is 0.650. The zero-order valence-electron chi connectivity index (χ0n) is 18.8. The van der Waals surface area contributed by atoms with E-state index < -0.39 is 11.6 Å². The summed E-state index contributed by atoms with van der Waals surface area (Å²) in [6.07, 6.45) is 3.73. The first-order valence-corrected chi connectivity index (χ1v) is 11.4. The molecular weight excluding hydrogens is 436 g/mol. The molecule has 1 unspecified atom stereocenters. The Bertz CT molecular complexity index is 1580. The molecule has 0 fully saturated rings. The van der Waals surface area contributed by atoms with Gasteiger partial charge in [0.2, 0.25) is 0 Å². The van der Waals surface area contributed by atoms with Gasteiger partial charge in [-0.25, -0.2) is 9.36 Å². The molecule has 2 aromatic heterocycles. The highest BCUT2D eigenvalue weighted by molar-refractivity contribution is 5.76. The standard InChI is InChI=1S/C28H22N6O/c35-28(21-11-3-1-4-12-21,22-13-5-2-6-14-22)27(34-26-18-10-8-16-24(26)30-32-34)19-20-33-25-17-9-7-15-23(25)29-31-33/h1-20,27,35H. The number of nitrogens with zero attached hydrogens (tertiary/aromatic N) is 6. The fourth-order valence-corrected chi connectivity index (χ4v) is 4.54. The third kappa shape index (κ3) is 3.59. The summed E-state index contributed by atoms with van der Waals surface area (Å²) >= 11 is 0. The largest absolute Gasteiger partial charge is 0.378 e. The first-order valence-electron chi connectivity index (χ1n) is 11.4.